The Bertz CT molecular complexity index is 820. The van der Waals surface area contributed by atoms with E-state index in [4.69, 9.17) is 0 Å². The summed E-state index contributed by atoms with van der Waals surface area (Å²) < 4.78 is 51.1. The van der Waals surface area contributed by atoms with E-state index in [1.807, 2.05) is 0 Å². The molecule has 2 amide bonds. The third-order valence-electron chi connectivity index (χ3n) is 4.11. The molecule has 0 heterocycles. The Kier molecular flexibility index (Phi) is 7.14. The number of nitrogens with zero attached hydrogens (tertiary/aromatic N) is 1. The maximum atomic E-state index is 12.9. The van der Waals surface area contributed by atoms with Crippen molar-refractivity contribution in [2.75, 3.05) is 18.4 Å². The smallest absolute Gasteiger partial charge is 0.342 e. The molecule has 2 aromatic carbocycles. The molecule has 0 atom stereocenters. The summed E-state index contributed by atoms with van der Waals surface area (Å²) in [6.07, 6.45) is -4.05. The monoisotopic (exact) mass is 396 g/mol. The van der Waals surface area contributed by atoms with E-state index in [0.717, 1.165) is 17.7 Å². The van der Waals surface area contributed by atoms with Crippen molar-refractivity contribution in [1.29, 1.82) is 0 Å². The van der Waals surface area contributed by atoms with Crippen LogP contribution in [0.4, 0.5) is 23.2 Å². The highest BCUT2D eigenvalue weighted by atomic mass is 19.4. The van der Waals surface area contributed by atoms with Gasteiger partial charge in [-0.1, -0.05) is 18.2 Å². The zero-order valence-electron chi connectivity index (χ0n) is 15.2. The molecule has 8 heteroatoms. The number of amides is 2. The van der Waals surface area contributed by atoms with Crippen LogP contribution in [0.2, 0.25) is 0 Å². The minimum atomic E-state index is -4.49. The molecular formula is C20H20F4N2O2. The van der Waals surface area contributed by atoms with E-state index in [1.54, 1.807) is 12.1 Å². The Morgan fingerprint density at radius 2 is 1.71 bits per heavy atom. The first-order chi connectivity index (χ1) is 13.1. The van der Waals surface area contributed by atoms with Gasteiger partial charge in [0.05, 0.1) is 5.56 Å². The lowest BCUT2D eigenvalue weighted by Crippen LogP contribution is -2.33. The summed E-state index contributed by atoms with van der Waals surface area (Å²) in [5.74, 6) is -1.07. The van der Waals surface area contributed by atoms with Gasteiger partial charge in [-0.3, -0.25) is 9.59 Å². The second-order valence-corrected chi connectivity index (χ2v) is 6.26. The summed E-state index contributed by atoms with van der Waals surface area (Å²) in [5.41, 5.74) is 0.0385. The topological polar surface area (TPSA) is 49.4 Å². The molecule has 0 bridgehead atoms. The molecule has 0 saturated carbocycles. The van der Waals surface area contributed by atoms with Crippen molar-refractivity contribution in [2.45, 2.75) is 25.9 Å². The number of halogens is 4. The summed E-state index contributed by atoms with van der Waals surface area (Å²) >= 11 is 0. The lowest BCUT2D eigenvalue weighted by molar-refractivity contribution is -0.137. The van der Waals surface area contributed by atoms with Crippen molar-refractivity contribution >= 4 is 17.5 Å². The fourth-order valence-electron chi connectivity index (χ4n) is 2.58. The van der Waals surface area contributed by atoms with Crippen molar-refractivity contribution in [3.63, 3.8) is 0 Å². The highest BCUT2D eigenvalue weighted by molar-refractivity contribution is 5.91. The SMILES string of the molecule is CC(=O)N(CCC(=O)Nc1cccc(C(F)(F)F)c1)CCc1ccc(F)cc1. The molecular weight excluding hydrogens is 376 g/mol. The molecule has 0 aliphatic carbocycles. The van der Waals surface area contributed by atoms with Gasteiger partial charge >= 0.3 is 6.18 Å². The number of benzene rings is 2. The van der Waals surface area contributed by atoms with Crippen LogP contribution in [0.5, 0.6) is 0 Å². The van der Waals surface area contributed by atoms with E-state index in [1.165, 1.54) is 36.1 Å². The van der Waals surface area contributed by atoms with Gasteiger partial charge in [0.15, 0.2) is 0 Å². The molecule has 0 aromatic heterocycles. The second-order valence-electron chi connectivity index (χ2n) is 6.26. The Morgan fingerprint density at radius 3 is 2.32 bits per heavy atom. The second kappa shape index (κ2) is 9.34. The standard InChI is InChI=1S/C20H20F4N2O2/c1-14(27)26(11-9-15-5-7-17(21)8-6-15)12-10-19(28)25-18-4-2-3-16(13-18)20(22,23)24/h2-8,13H,9-12H2,1H3,(H,25,28). The number of carbonyl (C=O) groups excluding carboxylic acids is 2. The van der Waals surface area contributed by atoms with Gasteiger partial charge in [-0.05, 0) is 42.3 Å². The third kappa shape index (κ3) is 6.68. The predicted molar refractivity (Wildman–Crippen MR) is 97.0 cm³/mol. The van der Waals surface area contributed by atoms with Gasteiger partial charge in [0.2, 0.25) is 11.8 Å². The van der Waals surface area contributed by atoms with Crippen LogP contribution in [0.3, 0.4) is 0 Å². The molecule has 0 fully saturated rings. The van der Waals surface area contributed by atoms with Gasteiger partial charge < -0.3 is 10.2 Å². The molecule has 0 aliphatic rings. The zero-order valence-corrected chi connectivity index (χ0v) is 15.2. The fourth-order valence-corrected chi connectivity index (χ4v) is 2.58. The van der Waals surface area contributed by atoms with Gasteiger partial charge in [-0.25, -0.2) is 4.39 Å². The van der Waals surface area contributed by atoms with Crippen molar-refractivity contribution in [3.05, 3.63) is 65.5 Å². The van der Waals surface area contributed by atoms with Crippen molar-refractivity contribution in [3.8, 4) is 0 Å². The first kappa shape index (κ1) is 21.4. The van der Waals surface area contributed by atoms with E-state index in [2.05, 4.69) is 5.32 Å². The molecule has 1 N–H and O–H groups in total. The van der Waals surface area contributed by atoms with Crippen molar-refractivity contribution in [1.82, 2.24) is 4.90 Å². The van der Waals surface area contributed by atoms with Gasteiger partial charge in [-0.15, -0.1) is 0 Å². The minimum Gasteiger partial charge on any atom is -0.342 e. The third-order valence-corrected chi connectivity index (χ3v) is 4.11. The average Bonchev–Trinajstić information content (AvgIpc) is 2.62. The summed E-state index contributed by atoms with van der Waals surface area (Å²) in [6, 6.07) is 10.2. The van der Waals surface area contributed by atoms with Crippen molar-refractivity contribution in [2.24, 2.45) is 0 Å². The van der Waals surface area contributed by atoms with Crippen molar-refractivity contribution < 1.29 is 27.2 Å². The van der Waals surface area contributed by atoms with Crippen LogP contribution in [0.1, 0.15) is 24.5 Å². The molecule has 0 aliphatic heterocycles. The number of rotatable bonds is 7. The summed E-state index contributed by atoms with van der Waals surface area (Å²) in [6.45, 7) is 1.84. The molecule has 2 aromatic rings. The fraction of sp³-hybridized carbons (Fsp3) is 0.300. The highest BCUT2D eigenvalue weighted by Crippen LogP contribution is 2.30. The number of nitrogens with one attached hydrogen (secondary N) is 1. The number of hydrogen-bond acceptors (Lipinski definition) is 2. The number of carbonyl (C=O) groups is 2. The van der Waals surface area contributed by atoms with Crippen LogP contribution < -0.4 is 5.32 Å². The lowest BCUT2D eigenvalue weighted by Gasteiger charge is -2.21. The maximum absolute atomic E-state index is 12.9. The molecule has 0 saturated heterocycles. The first-order valence-corrected chi connectivity index (χ1v) is 8.62. The van der Waals surface area contributed by atoms with E-state index >= 15 is 0 Å². The largest absolute Gasteiger partial charge is 0.416 e. The quantitative estimate of drug-likeness (QED) is 0.711. The Labute approximate surface area is 160 Å². The average molecular weight is 396 g/mol. The van der Waals surface area contributed by atoms with Crippen LogP contribution in [0, 0.1) is 5.82 Å². The lowest BCUT2D eigenvalue weighted by atomic mass is 10.1. The van der Waals surface area contributed by atoms with Crippen LogP contribution in [0.25, 0.3) is 0 Å². The number of alkyl halides is 3. The molecule has 4 nitrogen and oxygen atoms in total. The molecule has 0 spiro atoms. The van der Waals surface area contributed by atoms with Crippen LogP contribution in [0.15, 0.2) is 48.5 Å². The van der Waals surface area contributed by atoms with Gasteiger partial charge in [0, 0.05) is 32.1 Å². The maximum Gasteiger partial charge on any atom is 0.416 e. The molecule has 0 unspecified atom stereocenters. The van der Waals surface area contributed by atoms with E-state index in [9.17, 15) is 27.2 Å². The van der Waals surface area contributed by atoms with E-state index in [-0.39, 0.29) is 30.4 Å². The summed E-state index contributed by atoms with van der Waals surface area (Å²) in [5, 5.41) is 2.41. The van der Waals surface area contributed by atoms with Gasteiger partial charge in [0.1, 0.15) is 5.82 Å². The molecule has 2 rings (SSSR count). The molecule has 150 valence electrons. The first-order valence-electron chi connectivity index (χ1n) is 8.62. The van der Waals surface area contributed by atoms with Crippen LogP contribution >= 0.6 is 0 Å². The van der Waals surface area contributed by atoms with Gasteiger partial charge in [0.25, 0.3) is 0 Å². The highest BCUT2D eigenvalue weighted by Gasteiger charge is 2.30. The van der Waals surface area contributed by atoms with E-state index < -0.39 is 17.6 Å². The number of anilines is 1. The molecule has 0 radical (unpaired) electrons. The summed E-state index contributed by atoms with van der Waals surface area (Å²) in [7, 11) is 0. The van der Waals surface area contributed by atoms with Crippen LogP contribution in [-0.4, -0.2) is 29.8 Å². The van der Waals surface area contributed by atoms with E-state index in [0.29, 0.717) is 13.0 Å². The Balaban J connectivity index is 1.88. The Morgan fingerprint density at radius 1 is 1.04 bits per heavy atom. The minimum absolute atomic E-state index is 0.0421. The number of hydrogen-bond donors (Lipinski definition) is 1. The van der Waals surface area contributed by atoms with Crippen LogP contribution in [-0.2, 0) is 22.2 Å². The Hall–Kier alpha value is -2.90. The summed E-state index contributed by atoms with van der Waals surface area (Å²) in [4.78, 5) is 25.3. The predicted octanol–water partition coefficient (Wildman–Crippen LogP) is 4.26. The van der Waals surface area contributed by atoms with Gasteiger partial charge in [-0.2, -0.15) is 13.2 Å². The molecule has 28 heavy (non-hydrogen) atoms. The zero-order chi connectivity index (χ0) is 20.7. The normalized spacial score (nSPS) is 11.2.